The van der Waals surface area contributed by atoms with Crippen LogP contribution in [0, 0.1) is 0 Å². The molecule has 1 aromatic rings. The van der Waals surface area contributed by atoms with E-state index < -0.39 is 11.5 Å². The van der Waals surface area contributed by atoms with E-state index in [1.165, 1.54) is 5.56 Å². The first-order chi connectivity index (χ1) is 9.58. The molecule has 2 N–H and O–H groups in total. The lowest BCUT2D eigenvalue weighted by Gasteiger charge is -2.28. The first kappa shape index (κ1) is 17.5. The standard InChI is InChI=1S/C17H27NO3/c1-12(11-17(5,18-6)15(19)20)21-14-9-7-13(8-10-14)16(2,3)4/h7-10,12,18H,11H2,1-6H3,(H,19,20). The first-order valence-corrected chi connectivity index (χ1v) is 7.28. The van der Waals surface area contributed by atoms with Crippen LogP contribution >= 0.6 is 0 Å². The van der Waals surface area contributed by atoms with Gasteiger partial charge in [-0.1, -0.05) is 32.9 Å². The van der Waals surface area contributed by atoms with Crippen molar-refractivity contribution in [3.8, 4) is 5.75 Å². The van der Waals surface area contributed by atoms with Gasteiger partial charge in [0.15, 0.2) is 0 Å². The predicted molar refractivity (Wildman–Crippen MR) is 84.9 cm³/mol. The minimum Gasteiger partial charge on any atom is -0.491 e. The quantitative estimate of drug-likeness (QED) is 0.845. The molecule has 4 heteroatoms. The Morgan fingerprint density at radius 1 is 1.24 bits per heavy atom. The van der Waals surface area contributed by atoms with Gasteiger partial charge in [0, 0.05) is 6.42 Å². The van der Waals surface area contributed by atoms with Crippen LogP contribution < -0.4 is 10.1 Å². The van der Waals surface area contributed by atoms with Crippen molar-refractivity contribution in [2.24, 2.45) is 0 Å². The molecule has 1 rings (SSSR count). The van der Waals surface area contributed by atoms with E-state index in [4.69, 9.17) is 4.74 Å². The Bertz CT molecular complexity index is 476. The van der Waals surface area contributed by atoms with Crippen LogP contribution in [-0.4, -0.2) is 29.8 Å². The lowest BCUT2D eigenvalue weighted by Crippen LogP contribution is -2.50. The zero-order valence-electron chi connectivity index (χ0n) is 13.9. The molecule has 0 amide bonds. The zero-order valence-corrected chi connectivity index (χ0v) is 13.9. The number of hydrogen-bond acceptors (Lipinski definition) is 3. The molecule has 0 aliphatic rings. The first-order valence-electron chi connectivity index (χ1n) is 7.28. The average Bonchev–Trinajstić information content (AvgIpc) is 2.37. The second-order valence-corrected chi connectivity index (χ2v) is 6.79. The van der Waals surface area contributed by atoms with Crippen molar-refractivity contribution in [2.75, 3.05) is 7.05 Å². The number of rotatable bonds is 6. The van der Waals surface area contributed by atoms with E-state index in [-0.39, 0.29) is 11.5 Å². The molecular formula is C17H27NO3. The molecule has 0 saturated heterocycles. The van der Waals surface area contributed by atoms with Crippen molar-refractivity contribution in [3.05, 3.63) is 29.8 Å². The molecule has 2 atom stereocenters. The number of ether oxygens (including phenoxy) is 1. The molecule has 2 unspecified atom stereocenters. The molecule has 0 bridgehead atoms. The summed E-state index contributed by atoms with van der Waals surface area (Å²) >= 11 is 0. The number of benzene rings is 1. The highest BCUT2D eigenvalue weighted by Crippen LogP contribution is 2.25. The van der Waals surface area contributed by atoms with Gasteiger partial charge in [0.1, 0.15) is 11.3 Å². The molecule has 0 heterocycles. The van der Waals surface area contributed by atoms with Crippen LogP contribution in [0.4, 0.5) is 0 Å². The largest absolute Gasteiger partial charge is 0.491 e. The van der Waals surface area contributed by atoms with E-state index in [1.54, 1.807) is 14.0 Å². The summed E-state index contributed by atoms with van der Waals surface area (Å²) < 4.78 is 5.83. The summed E-state index contributed by atoms with van der Waals surface area (Å²) in [5.41, 5.74) is 0.372. The van der Waals surface area contributed by atoms with Gasteiger partial charge in [-0.15, -0.1) is 0 Å². The highest BCUT2D eigenvalue weighted by molar-refractivity contribution is 5.78. The molecule has 0 saturated carbocycles. The SMILES string of the molecule is CNC(C)(CC(C)Oc1ccc(C(C)(C)C)cc1)C(=O)O. The number of carbonyl (C=O) groups is 1. The number of carboxylic acid groups (broad SMARTS) is 1. The van der Waals surface area contributed by atoms with E-state index in [0.717, 1.165) is 5.75 Å². The summed E-state index contributed by atoms with van der Waals surface area (Å²) in [6.45, 7) is 10.0. The molecule has 0 aromatic heterocycles. The van der Waals surface area contributed by atoms with E-state index in [1.807, 2.05) is 19.1 Å². The van der Waals surface area contributed by atoms with Crippen LogP contribution in [0.2, 0.25) is 0 Å². The summed E-state index contributed by atoms with van der Waals surface area (Å²) in [6, 6.07) is 7.98. The van der Waals surface area contributed by atoms with Gasteiger partial charge in [-0.05, 0) is 44.0 Å². The van der Waals surface area contributed by atoms with Crippen LogP contribution in [0.3, 0.4) is 0 Å². The molecule has 118 valence electrons. The summed E-state index contributed by atoms with van der Waals surface area (Å²) in [4.78, 5) is 11.3. The van der Waals surface area contributed by atoms with E-state index in [2.05, 4.69) is 38.2 Å². The second kappa shape index (κ2) is 6.48. The maximum atomic E-state index is 11.3. The maximum Gasteiger partial charge on any atom is 0.323 e. The fourth-order valence-electron chi connectivity index (χ4n) is 2.18. The van der Waals surface area contributed by atoms with Crippen LogP contribution in [0.5, 0.6) is 5.75 Å². The van der Waals surface area contributed by atoms with Gasteiger partial charge in [-0.2, -0.15) is 0 Å². The van der Waals surface area contributed by atoms with Crippen molar-refractivity contribution in [1.29, 1.82) is 0 Å². The molecule has 1 aromatic carbocycles. The van der Waals surface area contributed by atoms with E-state index in [0.29, 0.717) is 6.42 Å². The maximum absolute atomic E-state index is 11.3. The summed E-state index contributed by atoms with van der Waals surface area (Å²) in [5, 5.41) is 12.1. The highest BCUT2D eigenvalue weighted by Gasteiger charge is 2.33. The van der Waals surface area contributed by atoms with Crippen LogP contribution in [0.1, 0.15) is 46.6 Å². The Hall–Kier alpha value is -1.55. The minimum atomic E-state index is -0.981. The summed E-state index contributed by atoms with van der Waals surface area (Å²) in [5.74, 6) is -0.108. The Morgan fingerprint density at radius 2 is 1.76 bits per heavy atom. The second-order valence-electron chi connectivity index (χ2n) is 6.79. The number of likely N-dealkylation sites (N-methyl/N-ethyl adjacent to an activating group) is 1. The highest BCUT2D eigenvalue weighted by atomic mass is 16.5. The fraction of sp³-hybridized carbons (Fsp3) is 0.588. The Balaban J connectivity index is 2.71. The summed E-state index contributed by atoms with van der Waals surface area (Å²) in [6.07, 6.45) is 0.193. The van der Waals surface area contributed by atoms with Gasteiger partial charge in [-0.3, -0.25) is 4.79 Å². The van der Waals surface area contributed by atoms with Crippen molar-refractivity contribution in [3.63, 3.8) is 0 Å². The van der Waals surface area contributed by atoms with Gasteiger partial charge in [0.25, 0.3) is 0 Å². The number of aliphatic carboxylic acids is 1. The number of nitrogens with one attached hydrogen (secondary N) is 1. The van der Waals surface area contributed by atoms with Gasteiger partial charge in [0.2, 0.25) is 0 Å². The zero-order chi connectivity index (χ0) is 16.3. The molecule has 0 spiro atoms. The van der Waals surface area contributed by atoms with Crippen molar-refractivity contribution < 1.29 is 14.6 Å². The minimum absolute atomic E-state index is 0.109. The molecule has 0 aliphatic carbocycles. The monoisotopic (exact) mass is 293 g/mol. The van der Waals surface area contributed by atoms with Gasteiger partial charge < -0.3 is 15.2 Å². The molecule has 21 heavy (non-hydrogen) atoms. The normalized spacial score (nSPS) is 16.1. The number of hydrogen-bond donors (Lipinski definition) is 2. The third-order valence-electron chi connectivity index (χ3n) is 3.78. The topological polar surface area (TPSA) is 58.6 Å². The van der Waals surface area contributed by atoms with Crippen LogP contribution in [0.25, 0.3) is 0 Å². The van der Waals surface area contributed by atoms with E-state index >= 15 is 0 Å². The van der Waals surface area contributed by atoms with Crippen LogP contribution in [0.15, 0.2) is 24.3 Å². The van der Waals surface area contributed by atoms with Crippen molar-refractivity contribution in [1.82, 2.24) is 5.32 Å². The lowest BCUT2D eigenvalue weighted by atomic mass is 9.87. The third-order valence-corrected chi connectivity index (χ3v) is 3.78. The third kappa shape index (κ3) is 4.74. The molecule has 4 nitrogen and oxygen atoms in total. The van der Waals surface area contributed by atoms with Gasteiger partial charge >= 0.3 is 5.97 Å². The molecule has 0 aliphatic heterocycles. The van der Waals surface area contributed by atoms with E-state index in [9.17, 15) is 9.90 Å². The molecular weight excluding hydrogens is 266 g/mol. The molecule has 0 fully saturated rings. The fourth-order valence-corrected chi connectivity index (χ4v) is 2.18. The van der Waals surface area contributed by atoms with Crippen LogP contribution in [-0.2, 0) is 10.2 Å². The number of carboxylic acids is 1. The van der Waals surface area contributed by atoms with Crippen molar-refractivity contribution in [2.45, 2.75) is 58.1 Å². The average molecular weight is 293 g/mol. The lowest BCUT2D eigenvalue weighted by molar-refractivity contribution is -0.145. The Labute approximate surface area is 127 Å². The predicted octanol–water partition coefficient (Wildman–Crippen LogP) is 3.20. The Morgan fingerprint density at radius 3 is 2.14 bits per heavy atom. The summed E-state index contributed by atoms with van der Waals surface area (Å²) in [7, 11) is 1.65. The molecule has 0 radical (unpaired) electrons. The Kier molecular flexibility index (Phi) is 5.40. The smallest absolute Gasteiger partial charge is 0.323 e. The van der Waals surface area contributed by atoms with Gasteiger partial charge in [0.05, 0.1) is 6.10 Å². The van der Waals surface area contributed by atoms with Gasteiger partial charge in [-0.25, -0.2) is 0 Å². The van der Waals surface area contributed by atoms with Crippen molar-refractivity contribution >= 4 is 5.97 Å².